The summed E-state index contributed by atoms with van der Waals surface area (Å²) in [7, 11) is 0. The number of carbonyl (C=O) groups is 5. The molecule has 0 radical (unpaired) electrons. The van der Waals surface area contributed by atoms with E-state index in [1.165, 1.54) is 0 Å². The van der Waals surface area contributed by atoms with E-state index in [0.29, 0.717) is 70.0 Å². The van der Waals surface area contributed by atoms with Crippen molar-refractivity contribution < 1.29 is 28.7 Å². The van der Waals surface area contributed by atoms with Gasteiger partial charge in [0.15, 0.2) is 5.96 Å². The van der Waals surface area contributed by atoms with Gasteiger partial charge in [-0.1, -0.05) is 54.6 Å². The van der Waals surface area contributed by atoms with Crippen LogP contribution in [0.25, 0.3) is 0 Å². The fraction of sp³-hybridized carbons (Fsp3) is 0.514. The zero-order valence-corrected chi connectivity index (χ0v) is 30.3. The maximum atomic E-state index is 13.6. The Hall–Kier alpha value is -5.06. The molecule has 5 amide bonds. The minimum Gasteiger partial charge on any atom is -0.370 e. The number of hydrogen-bond donors (Lipinski definition) is 9. The fourth-order valence-electron chi connectivity index (χ4n) is 5.83. The van der Waals surface area contributed by atoms with E-state index in [1.807, 2.05) is 36.4 Å². The van der Waals surface area contributed by atoms with Gasteiger partial charge in [0.25, 0.3) is 0 Å². The number of carbonyl (C=O) groups excluding carboxylic acids is 5. The molecule has 0 unspecified atom stereocenters. The van der Waals surface area contributed by atoms with Crippen molar-refractivity contribution in [2.45, 2.75) is 94.9 Å². The van der Waals surface area contributed by atoms with Crippen molar-refractivity contribution in [2.24, 2.45) is 27.9 Å². The number of guanidine groups is 1. The summed E-state index contributed by atoms with van der Waals surface area (Å²) >= 11 is 0. The molecule has 0 spiro atoms. The first-order valence-electron chi connectivity index (χ1n) is 18.2. The number of nitrogens with two attached hydrogens (primary N) is 4. The Labute approximate surface area is 311 Å². The standard InChI is InChI=1S/C37H56N10O6/c38-18-6-4-13-28-34(50)43-24-53-20-17-31(47-37(40)41)36(52)46-30(16-15-25-9-2-1-3-10-25)33(49)42-23-27-12-8-11-26(21-27)22-32(48)44-29(35(51)45-28)14-5-7-19-39/h1-3,8-12,21,28-31H,4-7,13-20,22-24,38-39H2,(H,42,49)(H,43,50)(H,44,48)(H,45,51)(H,46,52)(H4,40,41,47)/t28-,29-,30+,31+/m0/s1. The van der Waals surface area contributed by atoms with Gasteiger partial charge < -0.3 is 54.3 Å². The summed E-state index contributed by atoms with van der Waals surface area (Å²) in [5.41, 5.74) is 25.0. The van der Waals surface area contributed by atoms with Crippen molar-refractivity contribution in [2.75, 3.05) is 26.4 Å². The van der Waals surface area contributed by atoms with Gasteiger partial charge in [-0.2, -0.15) is 0 Å². The van der Waals surface area contributed by atoms with Crippen LogP contribution in [-0.2, 0) is 48.1 Å². The maximum Gasteiger partial charge on any atom is 0.245 e. The lowest BCUT2D eigenvalue weighted by molar-refractivity contribution is -0.133. The number of ether oxygens (including phenoxy) is 1. The number of unbranched alkanes of at least 4 members (excludes halogenated alkanes) is 2. The van der Waals surface area contributed by atoms with Gasteiger partial charge in [0, 0.05) is 13.0 Å². The number of aryl methyl sites for hydroxylation is 1. The minimum atomic E-state index is -1.08. The summed E-state index contributed by atoms with van der Waals surface area (Å²) < 4.78 is 5.62. The largest absolute Gasteiger partial charge is 0.370 e. The molecule has 0 fully saturated rings. The van der Waals surface area contributed by atoms with Crippen LogP contribution in [0, 0.1) is 0 Å². The van der Waals surface area contributed by atoms with Crippen molar-refractivity contribution in [1.29, 1.82) is 0 Å². The van der Waals surface area contributed by atoms with Gasteiger partial charge in [0.2, 0.25) is 29.5 Å². The number of hydrogen-bond acceptors (Lipinski definition) is 9. The van der Waals surface area contributed by atoms with E-state index in [-0.39, 0.29) is 44.6 Å². The molecule has 1 aliphatic rings. The average molecular weight is 737 g/mol. The van der Waals surface area contributed by atoms with E-state index in [2.05, 4.69) is 31.6 Å². The molecular formula is C37H56N10O6. The molecule has 0 saturated carbocycles. The predicted octanol–water partition coefficient (Wildman–Crippen LogP) is -0.673. The van der Waals surface area contributed by atoms with Crippen LogP contribution < -0.4 is 49.5 Å². The van der Waals surface area contributed by atoms with E-state index in [9.17, 15) is 24.0 Å². The molecule has 1 heterocycles. The van der Waals surface area contributed by atoms with Gasteiger partial charge in [-0.05, 0) is 81.1 Å². The quantitative estimate of drug-likeness (QED) is 0.0753. The lowest BCUT2D eigenvalue weighted by atomic mass is 10.0. The number of benzene rings is 2. The Kier molecular flexibility index (Phi) is 18.8. The summed E-state index contributed by atoms with van der Waals surface area (Å²) in [6.07, 6.45) is 3.94. The Balaban J connectivity index is 1.88. The van der Waals surface area contributed by atoms with E-state index in [4.69, 9.17) is 27.7 Å². The topological polar surface area (TPSA) is 271 Å². The molecule has 3 rings (SSSR count). The van der Waals surface area contributed by atoms with Crippen LogP contribution in [0.1, 0.15) is 68.1 Å². The minimum absolute atomic E-state index is 0.0220. The fourth-order valence-corrected chi connectivity index (χ4v) is 5.83. The highest BCUT2D eigenvalue weighted by Crippen LogP contribution is 2.11. The van der Waals surface area contributed by atoms with Gasteiger partial charge in [0.05, 0.1) is 13.0 Å². The normalized spacial score (nSPS) is 21.3. The Morgan fingerprint density at radius 2 is 1.32 bits per heavy atom. The summed E-state index contributed by atoms with van der Waals surface area (Å²) in [6.45, 7) is 0.739. The second-order valence-corrected chi connectivity index (χ2v) is 13.0. The van der Waals surface area contributed by atoms with E-state index < -0.39 is 47.8 Å². The molecule has 0 aliphatic carbocycles. The van der Waals surface area contributed by atoms with Crippen LogP contribution in [0.5, 0.6) is 0 Å². The molecule has 16 heteroatoms. The summed E-state index contributed by atoms with van der Waals surface area (Å²) in [5.74, 6) is -2.66. The number of fused-ring (bicyclic) bond motifs is 2. The van der Waals surface area contributed by atoms with Crippen LogP contribution in [0.4, 0.5) is 0 Å². The number of rotatable bonds is 12. The zero-order chi connectivity index (χ0) is 38.4. The van der Waals surface area contributed by atoms with Crippen molar-refractivity contribution in [3.8, 4) is 0 Å². The monoisotopic (exact) mass is 736 g/mol. The van der Waals surface area contributed by atoms with E-state index in [1.54, 1.807) is 18.2 Å². The molecule has 16 nitrogen and oxygen atoms in total. The molecule has 2 bridgehead atoms. The molecule has 4 atom stereocenters. The predicted molar refractivity (Wildman–Crippen MR) is 202 cm³/mol. The highest BCUT2D eigenvalue weighted by molar-refractivity contribution is 5.93. The van der Waals surface area contributed by atoms with Crippen molar-refractivity contribution >= 4 is 35.5 Å². The average Bonchev–Trinajstić information content (AvgIpc) is 3.14. The van der Waals surface area contributed by atoms with Crippen LogP contribution in [0.3, 0.4) is 0 Å². The van der Waals surface area contributed by atoms with Crippen LogP contribution in [-0.4, -0.2) is 86.1 Å². The van der Waals surface area contributed by atoms with Gasteiger partial charge in [-0.3, -0.25) is 24.0 Å². The molecule has 0 saturated heterocycles. The lowest BCUT2D eigenvalue weighted by Crippen LogP contribution is -2.54. The lowest BCUT2D eigenvalue weighted by Gasteiger charge is -2.23. The summed E-state index contributed by atoms with van der Waals surface area (Å²) in [6, 6.07) is 12.9. The van der Waals surface area contributed by atoms with Crippen molar-refractivity contribution in [3.05, 3.63) is 71.3 Å². The molecule has 1 aliphatic heterocycles. The third-order valence-electron chi connectivity index (χ3n) is 8.69. The van der Waals surface area contributed by atoms with Gasteiger partial charge >= 0.3 is 0 Å². The third kappa shape index (κ3) is 16.0. The Morgan fingerprint density at radius 1 is 0.698 bits per heavy atom. The molecule has 53 heavy (non-hydrogen) atoms. The second-order valence-electron chi connectivity index (χ2n) is 13.0. The first-order valence-corrected chi connectivity index (χ1v) is 18.2. The van der Waals surface area contributed by atoms with E-state index in [0.717, 1.165) is 11.1 Å². The Bertz CT molecular complexity index is 1500. The first kappa shape index (κ1) is 42.4. The maximum absolute atomic E-state index is 13.6. The zero-order valence-electron chi connectivity index (χ0n) is 30.3. The third-order valence-corrected chi connectivity index (χ3v) is 8.69. The molecular weight excluding hydrogens is 680 g/mol. The van der Waals surface area contributed by atoms with Gasteiger partial charge in [-0.25, -0.2) is 4.99 Å². The SMILES string of the molecule is NCCCC[C@@H]1NC(=O)Cc2cccc(c2)CNC(=O)[C@@H](CCc2ccccc2)NC(=O)[C@H](N=C(N)N)CCOCNC(=O)[C@H](CCCCN)NC1=O. The van der Waals surface area contributed by atoms with Gasteiger partial charge in [-0.15, -0.1) is 0 Å². The molecule has 13 N–H and O–H groups in total. The number of nitrogens with zero attached hydrogens (tertiary/aromatic N) is 1. The van der Waals surface area contributed by atoms with Crippen molar-refractivity contribution in [3.63, 3.8) is 0 Å². The highest BCUT2D eigenvalue weighted by Gasteiger charge is 2.28. The smallest absolute Gasteiger partial charge is 0.245 e. The number of aliphatic imine (C=N–C) groups is 1. The number of amides is 5. The summed E-state index contributed by atoms with van der Waals surface area (Å²) in [5, 5.41) is 14.0. The molecule has 2 aromatic carbocycles. The molecule has 0 aromatic heterocycles. The summed E-state index contributed by atoms with van der Waals surface area (Å²) in [4.78, 5) is 71.2. The van der Waals surface area contributed by atoms with E-state index >= 15 is 0 Å². The second kappa shape index (κ2) is 23.5. The molecule has 290 valence electrons. The van der Waals surface area contributed by atoms with Crippen LogP contribution in [0.15, 0.2) is 59.6 Å². The molecule has 2 aromatic rings. The van der Waals surface area contributed by atoms with Gasteiger partial charge in [0.1, 0.15) is 30.9 Å². The number of nitrogens with one attached hydrogen (secondary N) is 5. The first-order chi connectivity index (χ1) is 25.6. The van der Waals surface area contributed by atoms with Crippen LogP contribution >= 0.6 is 0 Å². The Morgan fingerprint density at radius 3 is 2.00 bits per heavy atom. The van der Waals surface area contributed by atoms with Crippen LogP contribution in [0.2, 0.25) is 0 Å². The highest BCUT2D eigenvalue weighted by atomic mass is 16.5. The van der Waals surface area contributed by atoms with Crippen molar-refractivity contribution in [1.82, 2.24) is 26.6 Å².